The van der Waals surface area contributed by atoms with Crippen molar-refractivity contribution < 1.29 is 13.6 Å². The minimum Gasteiger partial charge on any atom is -0.468 e. The van der Waals surface area contributed by atoms with E-state index in [1.54, 1.807) is 18.6 Å². The molecule has 1 atom stereocenters. The summed E-state index contributed by atoms with van der Waals surface area (Å²) in [7, 11) is 3.88. The highest BCUT2D eigenvalue weighted by Gasteiger charge is 2.17. The molecule has 0 spiro atoms. The first-order valence-corrected chi connectivity index (χ1v) is 6.40. The Labute approximate surface area is 117 Å². The zero-order chi connectivity index (χ0) is 14.4. The van der Waals surface area contributed by atoms with Gasteiger partial charge in [0.2, 0.25) is 0 Å². The summed E-state index contributed by atoms with van der Waals surface area (Å²) in [6.07, 6.45) is 3.21. The fraction of sp³-hybridized carbons (Fsp3) is 0.357. The number of hydrogen-bond donors (Lipinski definition) is 2. The molecule has 0 aliphatic carbocycles. The van der Waals surface area contributed by atoms with Crippen LogP contribution in [0.5, 0.6) is 0 Å². The van der Waals surface area contributed by atoms with E-state index < -0.39 is 0 Å². The van der Waals surface area contributed by atoms with Crippen LogP contribution in [0.2, 0.25) is 0 Å². The number of rotatable bonds is 6. The lowest BCUT2D eigenvalue weighted by Gasteiger charge is -2.22. The van der Waals surface area contributed by atoms with Crippen LogP contribution in [0.1, 0.15) is 17.6 Å². The van der Waals surface area contributed by atoms with Gasteiger partial charge in [-0.3, -0.25) is 4.90 Å². The topological polar surface area (TPSA) is 70.7 Å². The number of nitrogens with zero attached hydrogens (tertiary/aromatic N) is 1. The Kier molecular flexibility index (Phi) is 4.84. The second kappa shape index (κ2) is 6.81. The molecule has 108 valence electrons. The zero-order valence-electron chi connectivity index (χ0n) is 11.6. The Morgan fingerprint density at radius 2 is 1.95 bits per heavy atom. The highest BCUT2D eigenvalue weighted by atomic mass is 16.3. The molecule has 0 aliphatic heterocycles. The van der Waals surface area contributed by atoms with Crippen molar-refractivity contribution in [1.29, 1.82) is 0 Å². The van der Waals surface area contributed by atoms with Gasteiger partial charge in [-0.05, 0) is 38.4 Å². The maximum Gasteiger partial charge on any atom is 0.315 e. The fourth-order valence-corrected chi connectivity index (χ4v) is 1.85. The molecule has 2 rings (SSSR count). The van der Waals surface area contributed by atoms with E-state index in [4.69, 9.17) is 8.83 Å². The molecule has 1 unspecified atom stereocenters. The van der Waals surface area contributed by atoms with Crippen molar-refractivity contribution in [2.75, 3.05) is 20.6 Å². The number of carbonyl (C=O) groups excluding carboxylic acids is 1. The second-order valence-electron chi connectivity index (χ2n) is 4.64. The van der Waals surface area contributed by atoms with Crippen molar-refractivity contribution in [3.63, 3.8) is 0 Å². The number of nitrogens with one attached hydrogen (secondary N) is 2. The van der Waals surface area contributed by atoms with E-state index in [1.165, 1.54) is 0 Å². The molecule has 2 N–H and O–H groups in total. The minimum absolute atomic E-state index is 0.000590. The third-order valence-electron chi connectivity index (χ3n) is 2.95. The van der Waals surface area contributed by atoms with E-state index in [0.29, 0.717) is 13.1 Å². The van der Waals surface area contributed by atoms with Crippen LogP contribution < -0.4 is 10.6 Å². The van der Waals surface area contributed by atoms with E-state index in [0.717, 1.165) is 11.5 Å². The van der Waals surface area contributed by atoms with Crippen LogP contribution in [0.15, 0.2) is 45.6 Å². The Balaban J connectivity index is 1.79. The predicted molar refractivity (Wildman–Crippen MR) is 74.1 cm³/mol. The third kappa shape index (κ3) is 3.89. The average Bonchev–Trinajstić information content (AvgIpc) is 3.09. The molecular weight excluding hydrogens is 258 g/mol. The molecule has 6 nitrogen and oxygen atoms in total. The highest BCUT2D eigenvalue weighted by molar-refractivity contribution is 5.73. The van der Waals surface area contributed by atoms with Crippen molar-refractivity contribution in [3.8, 4) is 0 Å². The summed E-state index contributed by atoms with van der Waals surface area (Å²) in [5, 5.41) is 5.55. The number of carbonyl (C=O) groups is 1. The molecule has 0 aliphatic rings. The maximum atomic E-state index is 11.7. The Morgan fingerprint density at radius 1 is 1.20 bits per heavy atom. The van der Waals surface area contributed by atoms with Crippen LogP contribution in [-0.4, -0.2) is 31.6 Å². The molecular formula is C14H19N3O3. The Hall–Kier alpha value is -2.21. The summed E-state index contributed by atoms with van der Waals surface area (Å²) in [4.78, 5) is 13.7. The maximum absolute atomic E-state index is 11.7. The van der Waals surface area contributed by atoms with Crippen molar-refractivity contribution in [1.82, 2.24) is 15.5 Å². The average molecular weight is 277 g/mol. The summed E-state index contributed by atoms with van der Waals surface area (Å²) >= 11 is 0. The molecule has 0 saturated heterocycles. The van der Waals surface area contributed by atoms with Gasteiger partial charge in [0.25, 0.3) is 0 Å². The van der Waals surface area contributed by atoms with Crippen LogP contribution >= 0.6 is 0 Å². The van der Waals surface area contributed by atoms with Gasteiger partial charge in [0.05, 0.1) is 25.1 Å². The molecule has 6 heteroatoms. The van der Waals surface area contributed by atoms with Gasteiger partial charge in [-0.25, -0.2) is 4.79 Å². The molecule has 0 saturated carbocycles. The van der Waals surface area contributed by atoms with Gasteiger partial charge in [-0.1, -0.05) is 0 Å². The highest BCUT2D eigenvalue weighted by Crippen LogP contribution is 2.17. The van der Waals surface area contributed by atoms with E-state index in [2.05, 4.69) is 10.6 Å². The van der Waals surface area contributed by atoms with Crippen LogP contribution in [0.25, 0.3) is 0 Å². The van der Waals surface area contributed by atoms with Crippen molar-refractivity contribution in [2.45, 2.75) is 12.6 Å². The van der Waals surface area contributed by atoms with Gasteiger partial charge in [0, 0.05) is 6.54 Å². The first-order valence-electron chi connectivity index (χ1n) is 6.40. The van der Waals surface area contributed by atoms with Crippen molar-refractivity contribution in [3.05, 3.63) is 48.3 Å². The third-order valence-corrected chi connectivity index (χ3v) is 2.95. The molecule has 0 bridgehead atoms. The summed E-state index contributed by atoms with van der Waals surface area (Å²) < 4.78 is 10.5. The van der Waals surface area contributed by atoms with Crippen LogP contribution in [-0.2, 0) is 6.54 Å². The number of amides is 2. The summed E-state index contributed by atoms with van der Waals surface area (Å²) in [6.45, 7) is 0.830. The lowest BCUT2D eigenvalue weighted by atomic mass is 10.2. The number of urea groups is 1. The number of furan rings is 2. The molecule has 20 heavy (non-hydrogen) atoms. The van der Waals surface area contributed by atoms with E-state index in [9.17, 15) is 4.79 Å². The largest absolute Gasteiger partial charge is 0.468 e. The standard InChI is InChI=1S/C14H19N3O3/c1-17(2)12(13-6-4-8-20-13)10-16-14(18)15-9-11-5-3-7-19-11/h3-8,12H,9-10H2,1-2H3,(H2,15,16,18). The van der Waals surface area contributed by atoms with Crippen molar-refractivity contribution >= 4 is 6.03 Å². The van der Waals surface area contributed by atoms with Crippen LogP contribution in [0, 0.1) is 0 Å². The lowest BCUT2D eigenvalue weighted by Crippen LogP contribution is -2.40. The smallest absolute Gasteiger partial charge is 0.315 e. The fourth-order valence-electron chi connectivity index (χ4n) is 1.85. The number of hydrogen-bond acceptors (Lipinski definition) is 4. The summed E-state index contributed by atoms with van der Waals surface area (Å²) in [5.74, 6) is 1.54. The predicted octanol–water partition coefficient (Wildman–Crippen LogP) is 1.97. The quantitative estimate of drug-likeness (QED) is 0.847. The SMILES string of the molecule is CN(C)C(CNC(=O)NCc1ccco1)c1ccco1. The van der Waals surface area contributed by atoms with Gasteiger partial charge >= 0.3 is 6.03 Å². The first-order chi connectivity index (χ1) is 9.66. The van der Waals surface area contributed by atoms with Crippen LogP contribution in [0.3, 0.4) is 0 Å². The van der Waals surface area contributed by atoms with Gasteiger partial charge < -0.3 is 19.5 Å². The molecule has 0 radical (unpaired) electrons. The number of likely N-dealkylation sites (N-methyl/N-ethyl adjacent to an activating group) is 1. The van der Waals surface area contributed by atoms with E-state index in [-0.39, 0.29) is 12.1 Å². The van der Waals surface area contributed by atoms with Gasteiger partial charge in [0.15, 0.2) is 0 Å². The zero-order valence-corrected chi connectivity index (χ0v) is 11.6. The summed E-state index contributed by atoms with van der Waals surface area (Å²) in [5.41, 5.74) is 0. The van der Waals surface area contributed by atoms with Gasteiger partial charge in [-0.15, -0.1) is 0 Å². The van der Waals surface area contributed by atoms with E-state index >= 15 is 0 Å². The molecule has 2 heterocycles. The first kappa shape index (κ1) is 14.2. The minimum atomic E-state index is -0.236. The van der Waals surface area contributed by atoms with E-state index in [1.807, 2.05) is 37.2 Å². The van der Waals surface area contributed by atoms with Gasteiger partial charge in [0.1, 0.15) is 11.5 Å². The summed E-state index contributed by atoms with van der Waals surface area (Å²) in [6, 6.07) is 7.09. The molecule has 0 fully saturated rings. The molecule has 0 aromatic carbocycles. The monoisotopic (exact) mass is 277 g/mol. The van der Waals surface area contributed by atoms with Gasteiger partial charge in [-0.2, -0.15) is 0 Å². The molecule has 2 amide bonds. The van der Waals surface area contributed by atoms with Crippen molar-refractivity contribution in [2.24, 2.45) is 0 Å². The molecule has 2 aromatic heterocycles. The Morgan fingerprint density at radius 3 is 2.55 bits per heavy atom. The second-order valence-corrected chi connectivity index (χ2v) is 4.64. The van der Waals surface area contributed by atoms with Crippen LogP contribution in [0.4, 0.5) is 4.79 Å². The normalized spacial score (nSPS) is 12.3. The lowest BCUT2D eigenvalue weighted by molar-refractivity contribution is 0.224. The molecule has 2 aromatic rings. The Bertz CT molecular complexity index is 506.